The fourth-order valence-electron chi connectivity index (χ4n) is 2.21. The van der Waals surface area contributed by atoms with Crippen molar-refractivity contribution in [3.05, 3.63) is 76.0 Å². The lowest BCUT2D eigenvalue weighted by Gasteiger charge is -2.06. The van der Waals surface area contributed by atoms with Crippen LogP contribution in [0.2, 0.25) is 0 Å². The Kier molecular flexibility index (Phi) is 4.90. The van der Waals surface area contributed by atoms with E-state index in [1.54, 1.807) is 18.2 Å². The van der Waals surface area contributed by atoms with E-state index >= 15 is 0 Å². The van der Waals surface area contributed by atoms with Crippen LogP contribution in [0.1, 0.15) is 26.4 Å². The molecule has 24 heavy (non-hydrogen) atoms. The summed E-state index contributed by atoms with van der Waals surface area (Å²) in [5, 5.41) is 1.87. The van der Waals surface area contributed by atoms with Gasteiger partial charge in [-0.25, -0.2) is 9.97 Å². The number of ether oxygens (including phenoxy) is 1. The number of aromatic nitrogens is 2. The predicted octanol–water partition coefficient (Wildman–Crippen LogP) is 3.96. The molecule has 0 bridgehead atoms. The van der Waals surface area contributed by atoms with Gasteiger partial charge in [-0.15, -0.1) is 11.3 Å². The Morgan fingerprint density at radius 3 is 2.71 bits per heavy atom. The van der Waals surface area contributed by atoms with Crippen LogP contribution in [0.4, 0.5) is 8.78 Å². The predicted molar refractivity (Wildman–Crippen MR) is 85.7 cm³/mol. The van der Waals surface area contributed by atoms with Crippen molar-refractivity contribution in [1.82, 2.24) is 9.97 Å². The molecule has 3 rings (SSSR count). The van der Waals surface area contributed by atoms with Crippen LogP contribution >= 0.6 is 11.3 Å². The van der Waals surface area contributed by atoms with Gasteiger partial charge >= 0.3 is 6.61 Å². The molecule has 1 aromatic carbocycles. The molecule has 0 amide bonds. The van der Waals surface area contributed by atoms with Crippen molar-refractivity contribution in [2.75, 3.05) is 0 Å². The average Bonchev–Trinajstić information content (AvgIpc) is 3.03. The Hall–Kier alpha value is -2.67. The number of nitrogens with zero attached hydrogens (tertiary/aromatic N) is 2. The van der Waals surface area contributed by atoms with Gasteiger partial charge in [0.05, 0.1) is 10.4 Å². The van der Waals surface area contributed by atoms with Crippen LogP contribution in [0.5, 0.6) is 5.75 Å². The Morgan fingerprint density at radius 2 is 1.96 bits per heavy atom. The van der Waals surface area contributed by atoms with Crippen LogP contribution in [0.25, 0.3) is 0 Å². The summed E-state index contributed by atoms with van der Waals surface area (Å²) in [4.78, 5) is 20.6. The monoisotopic (exact) mass is 346 g/mol. The fourth-order valence-corrected chi connectivity index (χ4v) is 3.09. The van der Waals surface area contributed by atoms with Gasteiger partial charge in [-0.1, -0.05) is 12.1 Å². The molecular weight excluding hydrogens is 334 g/mol. The van der Waals surface area contributed by atoms with Crippen LogP contribution in [-0.2, 0) is 6.42 Å². The molecule has 0 aliphatic carbocycles. The molecule has 0 saturated heterocycles. The van der Waals surface area contributed by atoms with Gasteiger partial charge in [-0.2, -0.15) is 8.78 Å². The number of thiophene rings is 1. The number of halogens is 2. The van der Waals surface area contributed by atoms with Crippen molar-refractivity contribution in [3.63, 3.8) is 0 Å². The van der Waals surface area contributed by atoms with Gasteiger partial charge in [0.1, 0.15) is 12.1 Å². The van der Waals surface area contributed by atoms with Gasteiger partial charge in [0, 0.05) is 12.4 Å². The Bertz CT molecular complexity index is 837. The van der Waals surface area contributed by atoms with Gasteiger partial charge in [-0.3, -0.25) is 4.79 Å². The second-order valence-corrected chi connectivity index (χ2v) is 5.89. The van der Waals surface area contributed by atoms with E-state index in [4.69, 9.17) is 0 Å². The average molecular weight is 346 g/mol. The summed E-state index contributed by atoms with van der Waals surface area (Å²) in [6.07, 6.45) is 4.83. The van der Waals surface area contributed by atoms with Gasteiger partial charge in [0.2, 0.25) is 5.78 Å². The first-order valence-electron chi connectivity index (χ1n) is 7.02. The molecule has 4 nitrogen and oxygen atoms in total. The van der Waals surface area contributed by atoms with E-state index in [0.29, 0.717) is 16.9 Å². The number of benzene rings is 1. The summed E-state index contributed by atoms with van der Waals surface area (Å²) in [6.45, 7) is -2.85. The highest BCUT2D eigenvalue weighted by molar-refractivity contribution is 7.12. The molecule has 2 aromatic heterocycles. The maximum atomic E-state index is 12.3. The molecule has 0 radical (unpaired) electrons. The van der Waals surface area contributed by atoms with Gasteiger partial charge in [-0.05, 0) is 41.1 Å². The maximum Gasteiger partial charge on any atom is 0.387 e. The summed E-state index contributed by atoms with van der Waals surface area (Å²) in [5.41, 5.74) is 2.18. The van der Waals surface area contributed by atoms with E-state index in [9.17, 15) is 13.6 Å². The van der Waals surface area contributed by atoms with E-state index in [0.717, 1.165) is 11.1 Å². The summed E-state index contributed by atoms with van der Waals surface area (Å²) < 4.78 is 28.9. The van der Waals surface area contributed by atoms with Gasteiger partial charge in [0.25, 0.3) is 0 Å². The number of carbonyl (C=O) groups excluding carboxylic acids is 1. The Labute approximate surface area is 140 Å². The third-order valence-electron chi connectivity index (χ3n) is 3.23. The van der Waals surface area contributed by atoms with E-state index < -0.39 is 6.61 Å². The van der Waals surface area contributed by atoms with Crippen LogP contribution in [0, 0.1) is 0 Å². The third kappa shape index (κ3) is 3.99. The molecular formula is C17H12F2N2O2S. The zero-order valence-corrected chi connectivity index (χ0v) is 13.2. The second-order valence-electron chi connectivity index (χ2n) is 4.98. The molecule has 0 atom stereocenters. The van der Waals surface area contributed by atoms with Gasteiger partial charge in [0.15, 0.2) is 0 Å². The number of alkyl halides is 2. The summed E-state index contributed by atoms with van der Waals surface area (Å²) >= 11 is 1.33. The quantitative estimate of drug-likeness (QED) is 0.634. The molecule has 7 heteroatoms. The number of ketones is 1. The van der Waals surface area contributed by atoms with Crippen molar-refractivity contribution in [3.8, 4) is 5.75 Å². The van der Waals surface area contributed by atoms with E-state index in [1.807, 2.05) is 11.4 Å². The maximum absolute atomic E-state index is 12.3. The first-order valence-corrected chi connectivity index (χ1v) is 7.90. The van der Waals surface area contributed by atoms with Crippen molar-refractivity contribution < 1.29 is 18.3 Å². The number of hydrogen-bond donors (Lipinski definition) is 0. The van der Waals surface area contributed by atoms with Crippen molar-refractivity contribution in [1.29, 1.82) is 0 Å². The summed E-state index contributed by atoms with van der Waals surface area (Å²) in [6, 6.07) is 8.32. The second kappa shape index (κ2) is 7.27. The molecule has 122 valence electrons. The van der Waals surface area contributed by atoms with E-state index in [2.05, 4.69) is 14.7 Å². The molecule has 0 aliphatic heterocycles. The minimum absolute atomic E-state index is 0.121. The molecule has 0 unspecified atom stereocenters. The number of rotatable bonds is 6. The lowest BCUT2D eigenvalue weighted by molar-refractivity contribution is -0.0498. The smallest absolute Gasteiger partial charge is 0.387 e. The summed E-state index contributed by atoms with van der Waals surface area (Å²) in [7, 11) is 0. The zero-order chi connectivity index (χ0) is 16.9. The topological polar surface area (TPSA) is 52.1 Å². The zero-order valence-electron chi connectivity index (χ0n) is 12.4. The molecule has 3 aromatic rings. The van der Waals surface area contributed by atoms with Crippen LogP contribution in [0.15, 0.2) is 54.4 Å². The van der Waals surface area contributed by atoms with Crippen LogP contribution in [0.3, 0.4) is 0 Å². The SMILES string of the molecule is O=C(c1cncnc1)c1cc(Cc2cccc(OC(F)F)c2)cs1. The van der Waals surface area contributed by atoms with E-state index in [-0.39, 0.29) is 11.5 Å². The molecule has 0 N–H and O–H groups in total. The normalized spacial score (nSPS) is 10.8. The summed E-state index contributed by atoms with van der Waals surface area (Å²) in [5.74, 6) is -0.0166. The molecule has 0 aliphatic rings. The van der Waals surface area contributed by atoms with Crippen LogP contribution < -0.4 is 4.74 Å². The highest BCUT2D eigenvalue weighted by Gasteiger charge is 2.13. The Morgan fingerprint density at radius 1 is 1.17 bits per heavy atom. The first kappa shape index (κ1) is 16.2. The molecule has 0 spiro atoms. The third-order valence-corrected chi connectivity index (χ3v) is 4.21. The van der Waals surface area contributed by atoms with Crippen molar-refractivity contribution >= 4 is 17.1 Å². The molecule has 0 saturated carbocycles. The highest BCUT2D eigenvalue weighted by Crippen LogP contribution is 2.23. The van der Waals surface area contributed by atoms with Crippen molar-refractivity contribution in [2.45, 2.75) is 13.0 Å². The van der Waals surface area contributed by atoms with Crippen LogP contribution in [-0.4, -0.2) is 22.4 Å². The van der Waals surface area contributed by atoms with Crippen molar-refractivity contribution in [2.24, 2.45) is 0 Å². The fraction of sp³-hybridized carbons (Fsp3) is 0.118. The molecule has 2 heterocycles. The largest absolute Gasteiger partial charge is 0.435 e. The minimum atomic E-state index is -2.85. The van der Waals surface area contributed by atoms with Gasteiger partial charge < -0.3 is 4.74 Å². The highest BCUT2D eigenvalue weighted by atomic mass is 32.1. The molecule has 0 fully saturated rings. The first-order chi connectivity index (χ1) is 11.6. The number of carbonyl (C=O) groups is 1. The lowest BCUT2D eigenvalue weighted by atomic mass is 10.1. The Balaban J connectivity index is 1.73. The lowest BCUT2D eigenvalue weighted by Crippen LogP contribution is -2.02. The number of hydrogen-bond acceptors (Lipinski definition) is 5. The minimum Gasteiger partial charge on any atom is -0.435 e. The van der Waals surface area contributed by atoms with E-state index in [1.165, 1.54) is 36.1 Å². The standard InChI is InChI=1S/C17H12F2N2O2S/c18-17(19)23-14-3-1-2-11(5-14)4-12-6-15(24-9-12)16(22)13-7-20-10-21-8-13/h1-3,5-10,17H,4H2.